The van der Waals surface area contributed by atoms with Crippen LogP contribution in [0.4, 0.5) is 0 Å². The highest BCUT2D eigenvalue weighted by atomic mass is 35.5. The molecule has 1 saturated carbocycles. The van der Waals surface area contributed by atoms with Crippen LogP contribution in [0.3, 0.4) is 0 Å². The highest BCUT2D eigenvalue weighted by Gasteiger charge is 2.22. The van der Waals surface area contributed by atoms with Crippen LogP contribution in [-0.4, -0.2) is 10.4 Å². The van der Waals surface area contributed by atoms with Crippen molar-refractivity contribution in [2.24, 2.45) is 5.92 Å². The van der Waals surface area contributed by atoms with Gasteiger partial charge in [0.25, 0.3) is 0 Å². The van der Waals surface area contributed by atoms with Crippen LogP contribution in [0.25, 0.3) is 10.9 Å². The van der Waals surface area contributed by atoms with Crippen LogP contribution < -0.4 is 0 Å². The monoisotopic (exact) mass is 261 g/mol. The molecule has 1 aromatic heterocycles. The Balaban J connectivity index is 1.86. The summed E-state index contributed by atoms with van der Waals surface area (Å²) >= 11 is 6.14. The largest absolute Gasteiger partial charge is 0.340 e. The van der Waals surface area contributed by atoms with Gasteiger partial charge in [-0.2, -0.15) is 0 Å². The van der Waals surface area contributed by atoms with Gasteiger partial charge >= 0.3 is 0 Å². The Bertz CT molecular complexity index is 581. The van der Waals surface area contributed by atoms with Crippen LogP contribution in [-0.2, 0) is 11.3 Å². The van der Waals surface area contributed by atoms with Crippen LogP contribution in [0.5, 0.6) is 0 Å². The molecule has 3 rings (SSSR count). The molecule has 0 bridgehead atoms. The van der Waals surface area contributed by atoms with Crippen molar-refractivity contribution in [3.05, 3.63) is 35.5 Å². The Morgan fingerprint density at radius 2 is 2.06 bits per heavy atom. The van der Waals surface area contributed by atoms with Crippen LogP contribution in [0.15, 0.2) is 30.5 Å². The van der Waals surface area contributed by atoms with Crippen molar-refractivity contribution >= 4 is 28.3 Å². The number of Topliss-reactive ketones (excluding diaryl/α,β-unsaturated/α-hetero) is 1. The normalized spacial score (nSPS) is 16.5. The first kappa shape index (κ1) is 11.8. The molecule has 2 nitrogen and oxygen atoms in total. The highest BCUT2D eigenvalue weighted by Crippen LogP contribution is 2.28. The first-order valence-electron chi connectivity index (χ1n) is 6.52. The van der Waals surface area contributed by atoms with E-state index >= 15 is 0 Å². The molecule has 0 amide bonds. The Morgan fingerprint density at radius 3 is 2.83 bits per heavy atom. The van der Waals surface area contributed by atoms with E-state index in [4.69, 9.17) is 11.6 Å². The molecule has 1 aliphatic carbocycles. The van der Waals surface area contributed by atoms with Gasteiger partial charge in [0.05, 0.1) is 6.54 Å². The lowest BCUT2D eigenvalue weighted by molar-refractivity contribution is -0.123. The predicted octanol–water partition coefficient (Wildman–Crippen LogP) is 4.05. The van der Waals surface area contributed by atoms with Crippen molar-refractivity contribution < 1.29 is 4.79 Å². The average Bonchev–Trinajstić information content (AvgIpc) is 2.99. The van der Waals surface area contributed by atoms with Crippen molar-refractivity contribution in [2.75, 3.05) is 0 Å². The smallest absolute Gasteiger partial charge is 0.155 e. The predicted molar refractivity (Wildman–Crippen MR) is 73.9 cm³/mol. The maximum absolute atomic E-state index is 12.2. The summed E-state index contributed by atoms with van der Waals surface area (Å²) in [7, 11) is 0. The van der Waals surface area contributed by atoms with Crippen molar-refractivity contribution in [3.63, 3.8) is 0 Å². The molecule has 0 saturated heterocycles. The van der Waals surface area contributed by atoms with E-state index in [0.29, 0.717) is 12.3 Å². The van der Waals surface area contributed by atoms with Crippen molar-refractivity contribution in [1.29, 1.82) is 0 Å². The number of hydrogen-bond acceptors (Lipinski definition) is 1. The fourth-order valence-corrected chi connectivity index (χ4v) is 3.10. The zero-order valence-electron chi connectivity index (χ0n) is 10.2. The van der Waals surface area contributed by atoms with E-state index in [1.54, 1.807) is 0 Å². The molecule has 0 aliphatic heterocycles. The van der Waals surface area contributed by atoms with Gasteiger partial charge in [-0.15, -0.1) is 0 Å². The lowest BCUT2D eigenvalue weighted by Gasteiger charge is -2.09. The minimum atomic E-state index is 0.279. The molecule has 0 radical (unpaired) electrons. The second-order valence-electron chi connectivity index (χ2n) is 5.06. The number of aromatic nitrogens is 1. The summed E-state index contributed by atoms with van der Waals surface area (Å²) in [6.07, 6.45) is 6.50. The Morgan fingerprint density at radius 1 is 1.28 bits per heavy atom. The number of benzene rings is 1. The SMILES string of the molecule is O=C(Cn1ccc2c(Cl)cccc21)C1CCCC1. The first-order chi connectivity index (χ1) is 8.75. The highest BCUT2D eigenvalue weighted by molar-refractivity contribution is 6.35. The van der Waals surface area contributed by atoms with Crippen molar-refractivity contribution in [3.8, 4) is 0 Å². The second-order valence-corrected chi connectivity index (χ2v) is 5.47. The Labute approximate surface area is 112 Å². The summed E-state index contributed by atoms with van der Waals surface area (Å²) in [6.45, 7) is 0.481. The van der Waals surface area contributed by atoms with Crippen LogP contribution in [0.2, 0.25) is 5.02 Å². The maximum atomic E-state index is 12.2. The van der Waals surface area contributed by atoms with Crippen molar-refractivity contribution in [1.82, 2.24) is 4.57 Å². The molecule has 0 atom stereocenters. The van der Waals surface area contributed by atoms with E-state index in [1.807, 2.05) is 35.0 Å². The topological polar surface area (TPSA) is 22.0 Å². The van der Waals surface area contributed by atoms with Gasteiger partial charge in [-0.05, 0) is 31.0 Å². The molecule has 1 aromatic carbocycles. The number of hydrogen-bond donors (Lipinski definition) is 0. The molecule has 3 heteroatoms. The molecule has 1 aliphatic rings. The molecule has 0 spiro atoms. The van der Waals surface area contributed by atoms with Gasteiger partial charge in [-0.3, -0.25) is 4.79 Å². The van der Waals surface area contributed by atoms with Crippen molar-refractivity contribution in [2.45, 2.75) is 32.2 Å². The first-order valence-corrected chi connectivity index (χ1v) is 6.89. The zero-order chi connectivity index (χ0) is 12.5. The molecular weight excluding hydrogens is 246 g/mol. The third-order valence-corrected chi connectivity index (χ3v) is 4.23. The van der Waals surface area contributed by atoms with Gasteiger partial charge in [-0.1, -0.05) is 30.5 Å². The molecule has 2 aromatic rings. The van der Waals surface area contributed by atoms with Crippen LogP contribution >= 0.6 is 11.6 Å². The number of fused-ring (bicyclic) bond motifs is 1. The van der Waals surface area contributed by atoms with Crippen LogP contribution in [0, 0.1) is 5.92 Å². The lowest BCUT2D eigenvalue weighted by atomic mass is 10.0. The van der Waals surface area contributed by atoms with Gasteiger partial charge in [0.1, 0.15) is 0 Å². The summed E-state index contributed by atoms with van der Waals surface area (Å²) in [5.41, 5.74) is 1.05. The van der Waals surface area contributed by atoms with E-state index in [2.05, 4.69) is 0 Å². The zero-order valence-corrected chi connectivity index (χ0v) is 11.0. The second kappa shape index (κ2) is 4.77. The number of nitrogens with zero attached hydrogens (tertiary/aromatic N) is 1. The number of halogens is 1. The summed E-state index contributed by atoms with van der Waals surface area (Å²) in [6, 6.07) is 7.82. The quantitative estimate of drug-likeness (QED) is 0.817. The molecule has 0 unspecified atom stereocenters. The minimum absolute atomic E-state index is 0.279. The molecule has 18 heavy (non-hydrogen) atoms. The molecule has 1 fully saturated rings. The van der Waals surface area contributed by atoms with Gasteiger partial charge in [0.15, 0.2) is 5.78 Å². The lowest BCUT2D eigenvalue weighted by Crippen LogP contribution is -2.17. The van der Waals surface area contributed by atoms with Gasteiger partial charge < -0.3 is 4.57 Å². The van der Waals surface area contributed by atoms with Gasteiger partial charge in [0, 0.05) is 28.0 Å². The summed E-state index contributed by atoms with van der Waals surface area (Å²) in [5.74, 6) is 0.645. The number of ketones is 1. The number of carbonyl (C=O) groups is 1. The van der Waals surface area contributed by atoms with Gasteiger partial charge in [0.2, 0.25) is 0 Å². The van der Waals surface area contributed by atoms with E-state index in [-0.39, 0.29) is 5.92 Å². The summed E-state index contributed by atoms with van der Waals surface area (Å²) in [5, 5.41) is 1.78. The standard InChI is InChI=1S/C15H16ClNO/c16-13-6-3-7-14-12(13)8-9-17(14)10-15(18)11-4-1-2-5-11/h3,6-9,11H,1-2,4-5,10H2. The van der Waals surface area contributed by atoms with E-state index in [1.165, 1.54) is 12.8 Å². The fraction of sp³-hybridized carbons (Fsp3) is 0.400. The van der Waals surface area contributed by atoms with Gasteiger partial charge in [-0.25, -0.2) is 0 Å². The van der Waals surface area contributed by atoms with E-state index in [9.17, 15) is 4.79 Å². The molecular formula is C15H16ClNO. The third-order valence-electron chi connectivity index (χ3n) is 3.90. The van der Waals surface area contributed by atoms with Crippen LogP contribution in [0.1, 0.15) is 25.7 Å². The maximum Gasteiger partial charge on any atom is 0.155 e. The minimum Gasteiger partial charge on any atom is -0.340 e. The fourth-order valence-electron chi connectivity index (χ4n) is 2.87. The summed E-state index contributed by atoms with van der Waals surface area (Å²) < 4.78 is 2.02. The molecule has 94 valence electrons. The third kappa shape index (κ3) is 2.05. The Hall–Kier alpha value is -1.28. The molecule has 0 N–H and O–H groups in total. The Kier molecular flexibility index (Phi) is 3.13. The van der Waals surface area contributed by atoms with E-state index in [0.717, 1.165) is 28.8 Å². The number of carbonyl (C=O) groups excluding carboxylic acids is 1. The molecule has 1 heterocycles. The van der Waals surface area contributed by atoms with E-state index < -0.39 is 0 Å². The summed E-state index contributed by atoms with van der Waals surface area (Å²) in [4.78, 5) is 12.2. The number of rotatable bonds is 3. The average molecular weight is 262 g/mol.